The SMILES string of the molecule is CN(C)C(=O)NCCC1CN(CCc2ccccc2)Cc2ccnn2C1. The van der Waals surface area contributed by atoms with Gasteiger partial charge in [0.1, 0.15) is 0 Å². The van der Waals surface area contributed by atoms with Gasteiger partial charge in [-0.3, -0.25) is 9.58 Å². The Bertz CT molecular complexity index is 697. The molecule has 0 spiro atoms. The molecule has 2 heterocycles. The van der Waals surface area contributed by atoms with Crippen LogP contribution in [0.15, 0.2) is 42.6 Å². The van der Waals surface area contributed by atoms with Gasteiger partial charge < -0.3 is 10.2 Å². The molecule has 0 saturated carbocycles. The quantitative estimate of drug-likeness (QED) is 0.864. The number of aromatic nitrogens is 2. The van der Waals surface area contributed by atoms with E-state index in [2.05, 4.69) is 56.4 Å². The lowest BCUT2D eigenvalue weighted by molar-refractivity contribution is 0.210. The number of hydrogen-bond acceptors (Lipinski definition) is 3. The van der Waals surface area contributed by atoms with Crippen LogP contribution in [-0.2, 0) is 19.5 Å². The molecule has 0 radical (unpaired) electrons. The number of nitrogens with zero attached hydrogens (tertiary/aromatic N) is 4. The van der Waals surface area contributed by atoms with E-state index in [1.54, 1.807) is 19.0 Å². The fraction of sp³-hybridized carbons (Fsp3) is 0.500. The number of urea groups is 1. The van der Waals surface area contributed by atoms with Crippen molar-refractivity contribution >= 4 is 6.03 Å². The molecule has 0 saturated heterocycles. The summed E-state index contributed by atoms with van der Waals surface area (Å²) >= 11 is 0. The first-order valence-corrected chi connectivity index (χ1v) is 9.34. The van der Waals surface area contributed by atoms with Crippen LogP contribution in [0.3, 0.4) is 0 Å². The molecule has 26 heavy (non-hydrogen) atoms. The zero-order valence-electron chi connectivity index (χ0n) is 15.8. The monoisotopic (exact) mass is 355 g/mol. The second kappa shape index (κ2) is 8.85. The van der Waals surface area contributed by atoms with Crippen LogP contribution in [-0.4, -0.2) is 59.3 Å². The number of carbonyl (C=O) groups is 1. The van der Waals surface area contributed by atoms with Gasteiger partial charge in [0.05, 0.1) is 5.69 Å². The van der Waals surface area contributed by atoms with Gasteiger partial charge in [0.2, 0.25) is 0 Å². The largest absolute Gasteiger partial charge is 0.338 e. The van der Waals surface area contributed by atoms with Gasteiger partial charge in [0.25, 0.3) is 0 Å². The van der Waals surface area contributed by atoms with Crippen molar-refractivity contribution in [1.29, 1.82) is 0 Å². The van der Waals surface area contributed by atoms with Gasteiger partial charge in [0.15, 0.2) is 0 Å². The summed E-state index contributed by atoms with van der Waals surface area (Å²) in [7, 11) is 3.53. The zero-order valence-corrected chi connectivity index (χ0v) is 15.8. The van der Waals surface area contributed by atoms with Crippen molar-refractivity contribution in [3.8, 4) is 0 Å². The van der Waals surface area contributed by atoms with E-state index in [1.165, 1.54) is 11.3 Å². The summed E-state index contributed by atoms with van der Waals surface area (Å²) in [6.45, 7) is 4.63. The van der Waals surface area contributed by atoms with Crippen LogP contribution in [0.2, 0.25) is 0 Å². The number of fused-ring (bicyclic) bond motifs is 1. The van der Waals surface area contributed by atoms with E-state index in [-0.39, 0.29) is 6.03 Å². The third-order valence-corrected chi connectivity index (χ3v) is 4.93. The molecule has 1 aliphatic rings. The van der Waals surface area contributed by atoms with Crippen LogP contribution >= 0.6 is 0 Å². The average Bonchev–Trinajstić information content (AvgIpc) is 2.99. The first-order valence-electron chi connectivity index (χ1n) is 9.34. The molecule has 1 aromatic carbocycles. The Morgan fingerprint density at radius 3 is 2.81 bits per heavy atom. The molecule has 0 fully saturated rings. The van der Waals surface area contributed by atoms with Crippen molar-refractivity contribution in [3.05, 3.63) is 53.9 Å². The van der Waals surface area contributed by atoms with Gasteiger partial charge in [-0.25, -0.2) is 4.79 Å². The Morgan fingerprint density at radius 2 is 2.04 bits per heavy atom. The van der Waals surface area contributed by atoms with Gasteiger partial charge in [-0.05, 0) is 30.4 Å². The Hall–Kier alpha value is -2.34. The van der Waals surface area contributed by atoms with Crippen molar-refractivity contribution in [2.45, 2.75) is 25.9 Å². The lowest BCUT2D eigenvalue weighted by Gasteiger charge is -2.24. The zero-order chi connectivity index (χ0) is 18.4. The van der Waals surface area contributed by atoms with Crippen molar-refractivity contribution in [3.63, 3.8) is 0 Å². The molecule has 6 nitrogen and oxygen atoms in total. The highest BCUT2D eigenvalue weighted by molar-refractivity contribution is 5.73. The number of carbonyl (C=O) groups excluding carboxylic acids is 1. The van der Waals surface area contributed by atoms with Gasteiger partial charge in [0, 0.05) is 53.0 Å². The molecule has 1 aromatic heterocycles. The molecular weight excluding hydrogens is 326 g/mol. The third-order valence-electron chi connectivity index (χ3n) is 4.93. The van der Waals surface area contributed by atoms with E-state index in [1.807, 2.05) is 6.20 Å². The second-order valence-corrected chi connectivity index (χ2v) is 7.26. The average molecular weight is 355 g/mol. The third kappa shape index (κ3) is 5.08. The molecule has 1 N–H and O–H groups in total. The number of benzene rings is 1. The molecule has 2 aromatic rings. The maximum Gasteiger partial charge on any atom is 0.316 e. The summed E-state index contributed by atoms with van der Waals surface area (Å²) in [4.78, 5) is 15.8. The smallest absolute Gasteiger partial charge is 0.316 e. The second-order valence-electron chi connectivity index (χ2n) is 7.26. The van der Waals surface area contributed by atoms with E-state index >= 15 is 0 Å². The van der Waals surface area contributed by atoms with Crippen molar-refractivity contribution in [2.75, 3.05) is 33.7 Å². The standard InChI is InChI=1S/C20H29N5O/c1-23(2)20(26)21-11-8-18-14-24(13-10-17-6-4-3-5-7-17)16-19-9-12-22-25(19)15-18/h3-7,9,12,18H,8,10-11,13-16H2,1-2H3,(H,21,26). The number of nitrogens with one attached hydrogen (secondary N) is 1. The molecule has 1 atom stereocenters. The van der Waals surface area contributed by atoms with Crippen LogP contribution in [0.4, 0.5) is 4.79 Å². The first kappa shape index (κ1) is 18.5. The predicted molar refractivity (Wildman–Crippen MR) is 103 cm³/mol. The number of rotatable bonds is 6. The first-order chi connectivity index (χ1) is 12.6. The maximum absolute atomic E-state index is 11.7. The van der Waals surface area contributed by atoms with Crippen molar-refractivity contribution in [2.24, 2.45) is 5.92 Å². The topological polar surface area (TPSA) is 53.4 Å². The van der Waals surface area contributed by atoms with Crippen molar-refractivity contribution in [1.82, 2.24) is 24.9 Å². The molecule has 3 rings (SSSR count). The highest BCUT2D eigenvalue weighted by Crippen LogP contribution is 2.18. The molecule has 1 unspecified atom stereocenters. The predicted octanol–water partition coefficient (Wildman–Crippen LogP) is 2.22. The minimum atomic E-state index is -0.0284. The summed E-state index contributed by atoms with van der Waals surface area (Å²) in [6.07, 6.45) is 3.90. The molecule has 6 heteroatoms. The Balaban J connectivity index is 1.58. The van der Waals surface area contributed by atoms with Crippen LogP contribution in [0.1, 0.15) is 17.7 Å². The fourth-order valence-corrected chi connectivity index (χ4v) is 3.45. The molecular formula is C20H29N5O. The normalized spacial score (nSPS) is 17.4. The highest BCUT2D eigenvalue weighted by atomic mass is 16.2. The molecule has 0 bridgehead atoms. The Labute approximate surface area is 155 Å². The molecule has 140 valence electrons. The number of hydrogen-bond donors (Lipinski definition) is 1. The summed E-state index contributed by atoms with van der Waals surface area (Å²) in [5.74, 6) is 0.481. The number of amides is 2. The summed E-state index contributed by atoms with van der Waals surface area (Å²) in [5, 5.41) is 7.46. The Kier molecular flexibility index (Phi) is 6.28. The van der Waals surface area contributed by atoms with E-state index in [9.17, 15) is 4.79 Å². The molecule has 1 aliphatic heterocycles. The van der Waals surface area contributed by atoms with Gasteiger partial charge in [-0.1, -0.05) is 30.3 Å². The van der Waals surface area contributed by atoms with Crippen LogP contribution in [0.25, 0.3) is 0 Å². The highest BCUT2D eigenvalue weighted by Gasteiger charge is 2.22. The molecule has 2 amide bonds. The lowest BCUT2D eigenvalue weighted by atomic mass is 10.0. The minimum Gasteiger partial charge on any atom is -0.338 e. The van der Waals surface area contributed by atoms with E-state index < -0.39 is 0 Å². The van der Waals surface area contributed by atoms with Gasteiger partial charge >= 0.3 is 6.03 Å². The summed E-state index contributed by atoms with van der Waals surface area (Å²) < 4.78 is 2.13. The fourth-order valence-electron chi connectivity index (χ4n) is 3.45. The molecule has 0 aliphatic carbocycles. The van der Waals surface area contributed by atoms with Crippen LogP contribution in [0.5, 0.6) is 0 Å². The van der Waals surface area contributed by atoms with Crippen LogP contribution < -0.4 is 5.32 Å². The summed E-state index contributed by atoms with van der Waals surface area (Å²) in [6, 6.07) is 12.7. The van der Waals surface area contributed by atoms with Gasteiger partial charge in [-0.15, -0.1) is 0 Å². The van der Waals surface area contributed by atoms with E-state index in [0.717, 1.165) is 39.0 Å². The lowest BCUT2D eigenvalue weighted by Crippen LogP contribution is -2.37. The Morgan fingerprint density at radius 1 is 1.23 bits per heavy atom. The summed E-state index contributed by atoms with van der Waals surface area (Å²) in [5.41, 5.74) is 2.65. The maximum atomic E-state index is 11.7. The van der Waals surface area contributed by atoms with Crippen molar-refractivity contribution < 1.29 is 4.79 Å². The van der Waals surface area contributed by atoms with E-state index in [4.69, 9.17) is 0 Å². The van der Waals surface area contributed by atoms with Gasteiger partial charge in [-0.2, -0.15) is 5.10 Å². The minimum absolute atomic E-state index is 0.0284. The van der Waals surface area contributed by atoms with E-state index in [0.29, 0.717) is 12.5 Å². The van der Waals surface area contributed by atoms with Crippen LogP contribution in [0, 0.1) is 5.92 Å².